The molecule has 1 aliphatic heterocycles. The molecule has 0 unspecified atom stereocenters. The molecule has 0 spiro atoms. The lowest BCUT2D eigenvalue weighted by Crippen LogP contribution is -2.49. The lowest BCUT2D eigenvalue weighted by Gasteiger charge is -2.36. The van der Waals surface area contributed by atoms with E-state index in [0.29, 0.717) is 29.4 Å². The van der Waals surface area contributed by atoms with Crippen LogP contribution in [0, 0.1) is 0 Å². The first-order chi connectivity index (χ1) is 13.1. The van der Waals surface area contributed by atoms with E-state index >= 15 is 0 Å². The van der Waals surface area contributed by atoms with Gasteiger partial charge in [0.05, 0.1) is 18.4 Å². The first-order valence-corrected chi connectivity index (χ1v) is 10.0. The van der Waals surface area contributed by atoms with Gasteiger partial charge in [0.1, 0.15) is 0 Å². The molecule has 0 atom stereocenters. The van der Waals surface area contributed by atoms with Crippen LogP contribution in [0.3, 0.4) is 0 Å². The second-order valence-electron chi connectivity index (χ2n) is 6.12. The summed E-state index contributed by atoms with van der Waals surface area (Å²) in [6.45, 7) is 2.89. The van der Waals surface area contributed by atoms with Gasteiger partial charge in [-0.25, -0.2) is 4.79 Å². The van der Waals surface area contributed by atoms with Gasteiger partial charge in [-0.2, -0.15) is 0 Å². The molecule has 3 rings (SSSR count). The summed E-state index contributed by atoms with van der Waals surface area (Å²) in [7, 11) is 1.36. The highest BCUT2D eigenvalue weighted by atomic mass is 35.5. The Morgan fingerprint density at radius 3 is 2.52 bits per heavy atom. The van der Waals surface area contributed by atoms with Gasteiger partial charge in [-0.15, -0.1) is 11.8 Å². The van der Waals surface area contributed by atoms with Crippen molar-refractivity contribution in [3.05, 3.63) is 59.1 Å². The van der Waals surface area contributed by atoms with E-state index in [1.54, 1.807) is 12.1 Å². The van der Waals surface area contributed by atoms with E-state index in [-0.39, 0.29) is 11.9 Å². The Hall–Kier alpha value is -2.18. The van der Waals surface area contributed by atoms with Crippen LogP contribution in [0.5, 0.6) is 0 Å². The number of hydrogen-bond acceptors (Lipinski definition) is 5. The van der Waals surface area contributed by atoms with Crippen molar-refractivity contribution in [1.29, 1.82) is 0 Å². The third-order valence-electron chi connectivity index (χ3n) is 4.45. The van der Waals surface area contributed by atoms with Crippen LogP contribution in [0.4, 0.5) is 5.69 Å². The van der Waals surface area contributed by atoms with Crippen molar-refractivity contribution in [3.63, 3.8) is 0 Å². The van der Waals surface area contributed by atoms with E-state index in [4.69, 9.17) is 16.3 Å². The molecule has 1 aliphatic rings. The number of hydrogen-bond donors (Lipinski definition) is 0. The van der Waals surface area contributed by atoms with Crippen LogP contribution in [-0.4, -0.2) is 55.8 Å². The number of carbonyl (C=O) groups excluding carboxylic acids is 2. The molecule has 0 bridgehead atoms. The summed E-state index contributed by atoms with van der Waals surface area (Å²) >= 11 is 7.43. The number of nitrogens with zero attached hydrogens (tertiary/aromatic N) is 2. The molecule has 1 amide bonds. The lowest BCUT2D eigenvalue weighted by molar-refractivity contribution is -0.128. The Morgan fingerprint density at radius 2 is 1.81 bits per heavy atom. The minimum atomic E-state index is -0.388. The van der Waals surface area contributed by atoms with Crippen molar-refractivity contribution in [2.24, 2.45) is 0 Å². The van der Waals surface area contributed by atoms with Crippen LogP contribution in [0.1, 0.15) is 10.4 Å². The molecule has 1 heterocycles. The van der Waals surface area contributed by atoms with E-state index in [9.17, 15) is 9.59 Å². The summed E-state index contributed by atoms with van der Waals surface area (Å²) in [6, 6.07) is 14.9. The van der Waals surface area contributed by atoms with Gasteiger partial charge in [0, 0.05) is 41.8 Å². The standard InChI is InChI=1S/C20H21ClN2O3S/c1-26-20(25)17-7-2-3-8-18(17)27-14-19(24)23-11-9-22(10-12-23)16-6-4-5-15(21)13-16/h2-8,13H,9-12,14H2,1H3. The number of thioether (sulfide) groups is 1. The van der Waals surface area contributed by atoms with Crippen molar-refractivity contribution >= 4 is 40.9 Å². The largest absolute Gasteiger partial charge is 0.465 e. The van der Waals surface area contributed by atoms with E-state index in [1.807, 2.05) is 41.3 Å². The molecule has 2 aromatic carbocycles. The number of methoxy groups -OCH3 is 1. The smallest absolute Gasteiger partial charge is 0.338 e. The molecule has 0 N–H and O–H groups in total. The maximum atomic E-state index is 12.6. The summed E-state index contributed by atoms with van der Waals surface area (Å²) in [5, 5.41) is 0.715. The summed E-state index contributed by atoms with van der Waals surface area (Å²) < 4.78 is 4.80. The predicted molar refractivity (Wildman–Crippen MR) is 109 cm³/mol. The summed E-state index contributed by atoms with van der Waals surface area (Å²) in [5.74, 6) is -0.0170. The summed E-state index contributed by atoms with van der Waals surface area (Å²) in [4.78, 5) is 29.3. The van der Waals surface area contributed by atoms with E-state index < -0.39 is 0 Å². The van der Waals surface area contributed by atoms with Gasteiger partial charge in [-0.1, -0.05) is 29.8 Å². The van der Waals surface area contributed by atoms with Crippen molar-refractivity contribution < 1.29 is 14.3 Å². The average Bonchev–Trinajstić information content (AvgIpc) is 2.71. The number of carbonyl (C=O) groups is 2. The SMILES string of the molecule is COC(=O)c1ccccc1SCC(=O)N1CCN(c2cccc(Cl)c2)CC1. The Bertz CT molecular complexity index is 822. The van der Waals surface area contributed by atoms with E-state index in [1.165, 1.54) is 18.9 Å². The van der Waals surface area contributed by atoms with Crippen LogP contribution in [0.2, 0.25) is 5.02 Å². The summed E-state index contributed by atoms with van der Waals surface area (Å²) in [6.07, 6.45) is 0. The monoisotopic (exact) mass is 404 g/mol. The van der Waals surface area contributed by atoms with Crippen LogP contribution < -0.4 is 4.90 Å². The molecule has 142 valence electrons. The number of halogens is 1. The molecular formula is C20H21ClN2O3S. The second-order valence-corrected chi connectivity index (χ2v) is 7.58. The highest BCUT2D eigenvalue weighted by molar-refractivity contribution is 8.00. The number of benzene rings is 2. The number of anilines is 1. The molecule has 0 aromatic heterocycles. The maximum Gasteiger partial charge on any atom is 0.338 e. The predicted octanol–water partition coefficient (Wildman–Crippen LogP) is 3.57. The van der Waals surface area contributed by atoms with Gasteiger partial charge < -0.3 is 14.5 Å². The molecule has 0 aliphatic carbocycles. The molecule has 7 heteroatoms. The Kier molecular flexibility index (Phi) is 6.63. The summed E-state index contributed by atoms with van der Waals surface area (Å²) in [5.41, 5.74) is 1.57. The minimum Gasteiger partial charge on any atom is -0.465 e. The fourth-order valence-electron chi connectivity index (χ4n) is 2.99. The van der Waals surface area contributed by atoms with Gasteiger partial charge in [0.25, 0.3) is 0 Å². The van der Waals surface area contributed by atoms with Crippen LogP contribution in [0.25, 0.3) is 0 Å². The zero-order valence-electron chi connectivity index (χ0n) is 15.1. The fraction of sp³-hybridized carbons (Fsp3) is 0.300. The first kappa shape index (κ1) is 19.6. The molecule has 1 fully saturated rings. The third kappa shape index (κ3) is 4.96. The zero-order valence-corrected chi connectivity index (χ0v) is 16.6. The Morgan fingerprint density at radius 1 is 1.07 bits per heavy atom. The van der Waals surface area contributed by atoms with Crippen LogP contribution in [-0.2, 0) is 9.53 Å². The van der Waals surface area contributed by atoms with Gasteiger partial charge in [-0.3, -0.25) is 4.79 Å². The number of ether oxygens (including phenoxy) is 1. The minimum absolute atomic E-state index is 0.0745. The molecule has 27 heavy (non-hydrogen) atoms. The molecular weight excluding hydrogens is 384 g/mol. The highest BCUT2D eigenvalue weighted by Gasteiger charge is 2.22. The Labute approximate surface area is 168 Å². The second kappa shape index (κ2) is 9.15. The van der Waals surface area contributed by atoms with E-state index in [2.05, 4.69) is 4.90 Å². The van der Waals surface area contributed by atoms with Gasteiger partial charge in [0.15, 0.2) is 0 Å². The van der Waals surface area contributed by atoms with Crippen LogP contribution >= 0.6 is 23.4 Å². The number of amides is 1. The third-order valence-corrected chi connectivity index (χ3v) is 5.74. The van der Waals surface area contributed by atoms with Gasteiger partial charge in [0.2, 0.25) is 5.91 Å². The fourth-order valence-corrected chi connectivity index (χ4v) is 4.12. The van der Waals surface area contributed by atoms with Gasteiger partial charge >= 0.3 is 5.97 Å². The van der Waals surface area contributed by atoms with Crippen LogP contribution in [0.15, 0.2) is 53.4 Å². The molecule has 1 saturated heterocycles. The van der Waals surface area contributed by atoms with Crippen molar-refractivity contribution in [1.82, 2.24) is 4.90 Å². The topological polar surface area (TPSA) is 49.9 Å². The van der Waals surface area contributed by atoms with Gasteiger partial charge in [-0.05, 0) is 30.3 Å². The number of rotatable bonds is 5. The normalized spacial score (nSPS) is 14.1. The zero-order chi connectivity index (χ0) is 19.2. The molecule has 2 aromatic rings. The number of piperazine rings is 1. The Balaban J connectivity index is 1.54. The van der Waals surface area contributed by atoms with E-state index in [0.717, 1.165) is 23.7 Å². The average molecular weight is 405 g/mol. The molecule has 5 nitrogen and oxygen atoms in total. The molecule has 0 saturated carbocycles. The van der Waals surface area contributed by atoms with Crippen molar-refractivity contribution in [3.8, 4) is 0 Å². The maximum absolute atomic E-state index is 12.6. The van der Waals surface area contributed by atoms with Crippen molar-refractivity contribution in [2.75, 3.05) is 43.9 Å². The highest BCUT2D eigenvalue weighted by Crippen LogP contribution is 2.25. The first-order valence-electron chi connectivity index (χ1n) is 8.67. The molecule has 0 radical (unpaired) electrons. The lowest BCUT2D eigenvalue weighted by atomic mass is 10.2. The number of esters is 1. The van der Waals surface area contributed by atoms with Crippen molar-refractivity contribution in [2.45, 2.75) is 4.90 Å². The quantitative estimate of drug-likeness (QED) is 0.563.